The highest BCUT2D eigenvalue weighted by molar-refractivity contribution is 4.73. The van der Waals surface area contributed by atoms with E-state index in [9.17, 15) is 0 Å². The fraction of sp³-hybridized carbons (Fsp3) is 0.875. The van der Waals surface area contributed by atoms with E-state index in [2.05, 4.69) is 5.32 Å². The predicted molar refractivity (Wildman–Crippen MR) is 42.1 cm³/mol. The Kier molecular flexibility index (Phi) is 3.95. The van der Waals surface area contributed by atoms with Crippen molar-refractivity contribution in [2.24, 2.45) is 0 Å². The number of nitrogens with zero attached hydrogens (tertiary/aromatic N) is 1. The van der Waals surface area contributed by atoms with Crippen LogP contribution in [0.15, 0.2) is 0 Å². The monoisotopic (exact) mass is 154 g/mol. The lowest BCUT2D eigenvalue weighted by molar-refractivity contribution is 0.128. The second-order valence-corrected chi connectivity index (χ2v) is 2.82. The van der Waals surface area contributed by atoms with Crippen molar-refractivity contribution in [2.75, 3.05) is 19.8 Å². The smallest absolute Gasteiger partial charge is 0.133 e. The SMILES string of the molecule is N#CCOCC1CCCCN1. The average Bonchev–Trinajstić information content (AvgIpc) is 2.07. The molecule has 1 heterocycles. The van der Waals surface area contributed by atoms with Gasteiger partial charge in [0.1, 0.15) is 6.61 Å². The van der Waals surface area contributed by atoms with Crippen LogP contribution in [0.4, 0.5) is 0 Å². The van der Waals surface area contributed by atoms with E-state index in [0.717, 1.165) is 6.54 Å². The molecule has 1 fully saturated rings. The summed E-state index contributed by atoms with van der Waals surface area (Å²) >= 11 is 0. The van der Waals surface area contributed by atoms with Gasteiger partial charge in [-0.1, -0.05) is 6.42 Å². The molecule has 0 amide bonds. The Bertz CT molecular complexity index is 136. The fourth-order valence-electron chi connectivity index (χ4n) is 1.31. The molecule has 1 aliphatic rings. The molecule has 1 N–H and O–H groups in total. The Morgan fingerprint density at radius 2 is 2.45 bits per heavy atom. The second kappa shape index (κ2) is 5.11. The fourth-order valence-corrected chi connectivity index (χ4v) is 1.31. The van der Waals surface area contributed by atoms with Crippen LogP contribution in [-0.4, -0.2) is 25.8 Å². The Labute approximate surface area is 67.3 Å². The standard InChI is InChI=1S/C8H14N2O/c9-4-6-11-7-8-3-1-2-5-10-8/h8,10H,1-3,5-7H2. The number of nitrogens with one attached hydrogen (secondary N) is 1. The number of hydrogen-bond donors (Lipinski definition) is 1. The van der Waals surface area contributed by atoms with E-state index in [1.165, 1.54) is 19.3 Å². The van der Waals surface area contributed by atoms with Gasteiger partial charge in [-0.2, -0.15) is 5.26 Å². The van der Waals surface area contributed by atoms with Crippen LogP contribution in [0.25, 0.3) is 0 Å². The number of nitriles is 1. The number of ether oxygens (including phenoxy) is 1. The molecule has 0 aromatic carbocycles. The van der Waals surface area contributed by atoms with Crippen LogP contribution in [0.3, 0.4) is 0 Å². The molecule has 0 aliphatic carbocycles. The lowest BCUT2D eigenvalue weighted by Crippen LogP contribution is -2.37. The van der Waals surface area contributed by atoms with Crippen molar-refractivity contribution in [1.82, 2.24) is 5.32 Å². The van der Waals surface area contributed by atoms with Gasteiger partial charge in [-0.3, -0.25) is 0 Å². The third-order valence-electron chi connectivity index (χ3n) is 1.90. The van der Waals surface area contributed by atoms with Crippen molar-refractivity contribution in [2.45, 2.75) is 25.3 Å². The van der Waals surface area contributed by atoms with Crippen LogP contribution in [0.1, 0.15) is 19.3 Å². The van der Waals surface area contributed by atoms with Crippen molar-refractivity contribution < 1.29 is 4.74 Å². The van der Waals surface area contributed by atoms with Crippen molar-refractivity contribution >= 4 is 0 Å². The molecule has 1 saturated heterocycles. The zero-order valence-electron chi connectivity index (χ0n) is 6.68. The molecular formula is C8H14N2O. The van der Waals surface area contributed by atoms with E-state index in [4.69, 9.17) is 10.00 Å². The van der Waals surface area contributed by atoms with Gasteiger partial charge in [0.25, 0.3) is 0 Å². The average molecular weight is 154 g/mol. The molecule has 3 heteroatoms. The molecule has 0 bridgehead atoms. The van der Waals surface area contributed by atoms with Gasteiger partial charge in [-0.15, -0.1) is 0 Å². The van der Waals surface area contributed by atoms with Gasteiger partial charge in [0.05, 0.1) is 12.7 Å². The lowest BCUT2D eigenvalue weighted by atomic mass is 10.1. The summed E-state index contributed by atoms with van der Waals surface area (Å²) in [5.74, 6) is 0. The number of rotatable bonds is 3. The Hall–Kier alpha value is -0.590. The zero-order chi connectivity index (χ0) is 7.94. The first-order chi connectivity index (χ1) is 5.43. The van der Waals surface area contributed by atoms with E-state index in [-0.39, 0.29) is 6.61 Å². The number of piperidine rings is 1. The van der Waals surface area contributed by atoms with Crippen LogP contribution in [0, 0.1) is 11.3 Å². The molecule has 0 spiro atoms. The molecule has 1 aliphatic heterocycles. The predicted octanol–water partition coefficient (Wildman–Crippen LogP) is 0.669. The molecule has 0 aromatic heterocycles. The van der Waals surface area contributed by atoms with E-state index < -0.39 is 0 Å². The van der Waals surface area contributed by atoms with Gasteiger partial charge in [0.15, 0.2) is 0 Å². The van der Waals surface area contributed by atoms with Crippen LogP contribution in [0.5, 0.6) is 0 Å². The molecule has 1 rings (SSSR count). The first kappa shape index (κ1) is 8.51. The number of hydrogen-bond acceptors (Lipinski definition) is 3. The lowest BCUT2D eigenvalue weighted by Gasteiger charge is -2.22. The largest absolute Gasteiger partial charge is 0.365 e. The topological polar surface area (TPSA) is 45.0 Å². The molecular weight excluding hydrogens is 140 g/mol. The maximum Gasteiger partial charge on any atom is 0.133 e. The summed E-state index contributed by atoms with van der Waals surface area (Å²) in [5, 5.41) is 11.5. The van der Waals surface area contributed by atoms with Crippen LogP contribution >= 0.6 is 0 Å². The van der Waals surface area contributed by atoms with Gasteiger partial charge >= 0.3 is 0 Å². The second-order valence-electron chi connectivity index (χ2n) is 2.82. The Balaban J connectivity index is 2.01. The summed E-state index contributed by atoms with van der Waals surface area (Å²) < 4.78 is 5.10. The Morgan fingerprint density at radius 3 is 3.09 bits per heavy atom. The maximum absolute atomic E-state index is 8.20. The van der Waals surface area contributed by atoms with E-state index >= 15 is 0 Å². The molecule has 3 nitrogen and oxygen atoms in total. The first-order valence-electron chi connectivity index (χ1n) is 4.11. The van der Waals surface area contributed by atoms with Crippen molar-refractivity contribution in [1.29, 1.82) is 5.26 Å². The van der Waals surface area contributed by atoms with E-state index in [0.29, 0.717) is 12.6 Å². The highest BCUT2D eigenvalue weighted by Crippen LogP contribution is 2.06. The van der Waals surface area contributed by atoms with Gasteiger partial charge in [-0.05, 0) is 19.4 Å². The first-order valence-corrected chi connectivity index (χ1v) is 4.11. The normalized spacial score (nSPS) is 24.5. The molecule has 62 valence electrons. The summed E-state index contributed by atoms with van der Waals surface area (Å²) in [4.78, 5) is 0. The summed E-state index contributed by atoms with van der Waals surface area (Å²) in [5.41, 5.74) is 0. The van der Waals surface area contributed by atoms with Gasteiger partial charge in [0.2, 0.25) is 0 Å². The summed E-state index contributed by atoms with van der Waals surface area (Å²) in [6, 6.07) is 2.44. The minimum atomic E-state index is 0.220. The highest BCUT2D eigenvalue weighted by atomic mass is 16.5. The van der Waals surface area contributed by atoms with Crippen molar-refractivity contribution in [3.63, 3.8) is 0 Å². The molecule has 0 aromatic rings. The minimum Gasteiger partial charge on any atom is -0.365 e. The minimum absolute atomic E-state index is 0.220. The van der Waals surface area contributed by atoms with Crippen LogP contribution in [-0.2, 0) is 4.74 Å². The van der Waals surface area contributed by atoms with Gasteiger partial charge in [-0.25, -0.2) is 0 Å². The van der Waals surface area contributed by atoms with E-state index in [1.54, 1.807) is 0 Å². The van der Waals surface area contributed by atoms with Crippen molar-refractivity contribution in [3.05, 3.63) is 0 Å². The van der Waals surface area contributed by atoms with Crippen LogP contribution in [0.2, 0.25) is 0 Å². The molecule has 0 radical (unpaired) electrons. The van der Waals surface area contributed by atoms with E-state index in [1.807, 2.05) is 6.07 Å². The molecule has 11 heavy (non-hydrogen) atoms. The van der Waals surface area contributed by atoms with Crippen molar-refractivity contribution in [3.8, 4) is 6.07 Å². The molecule has 1 unspecified atom stereocenters. The third-order valence-corrected chi connectivity index (χ3v) is 1.90. The van der Waals surface area contributed by atoms with Gasteiger partial charge < -0.3 is 10.1 Å². The summed E-state index contributed by atoms with van der Waals surface area (Å²) in [6.45, 7) is 2.01. The van der Waals surface area contributed by atoms with Gasteiger partial charge in [0, 0.05) is 6.04 Å². The zero-order valence-corrected chi connectivity index (χ0v) is 6.68. The summed E-state index contributed by atoms with van der Waals surface area (Å²) in [7, 11) is 0. The maximum atomic E-state index is 8.20. The quantitative estimate of drug-likeness (QED) is 0.608. The molecule has 1 atom stereocenters. The third kappa shape index (κ3) is 3.35. The van der Waals surface area contributed by atoms with Crippen LogP contribution < -0.4 is 5.32 Å². The highest BCUT2D eigenvalue weighted by Gasteiger charge is 2.11. The Morgan fingerprint density at radius 1 is 1.55 bits per heavy atom. The summed E-state index contributed by atoms with van der Waals surface area (Å²) in [6.07, 6.45) is 3.74. The molecule has 0 saturated carbocycles.